The predicted octanol–water partition coefficient (Wildman–Crippen LogP) is 5.97. The Morgan fingerprint density at radius 3 is 2.21 bits per heavy atom. The summed E-state index contributed by atoms with van der Waals surface area (Å²) in [6.45, 7) is 14.2. The number of unbranched alkanes of at least 4 members (excludes halogenated alkanes) is 5. The minimum Gasteiger partial charge on any atom is -0.444 e. The highest BCUT2D eigenvalue weighted by atomic mass is 16.6. The van der Waals surface area contributed by atoms with E-state index >= 15 is 0 Å². The lowest BCUT2D eigenvalue weighted by atomic mass is 9.95. The molecule has 0 radical (unpaired) electrons. The number of alkyl carbamates (subject to hydrolysis) is 1. The van der Waals surface area contributed by atoms with Crippen molar-refractivity contribution in [1.29, 1.82) is 0 Å². The number of nitrogens with zero attached hydrogens (tertiary/aromatic N) is 1. The second-order valence-electron chi connectivity index (χ2n) is 11.1. The first kappa shape index (κ1) is 33.0. The van der Waals surface area contributed by atoms with Crippen LogP contribution in [0.15, 0.2) is 24.3 Å². The number of benzene rings is 1. The van der Waals surface area contributed by atoms with Crippen LogP contribution in [0.1, 0.15) is 111 Å². The molecule has 0 saturated heterocycles. The predicted molar refractivity (Wildman–Crippen MR) is 154 cm³/mol. The number of carbonyl (C=O) groups excluding carboxylic acids is 3. The molecule has 212 valence electrons. The van der Waals surface area contributed by atoms with Crippen LogP contribution in [-0.4, -0.2) is 47.5 Å². The van der Waals surface area contributed by atoms with E-state index < -0.39 is 23.8 Å². The fourth-order valence-corrected chi connectivity index (χ4v) is 4.20. The van der Waals surface area contributed by atoms with Crippen molar-refractivity contribution in [3.63, 3.8) is 0 Å². The third-order valence-electron chi connectivity index (χ3n) is 6.19. The molecule has 0 saturated carbocycles. The van der Waals surface area contributed by atoms with Crippen LogP contribution in [0.5, 0.6) is 0 Å². The number of amides is 3. The zero-order valence-electron chi connectivity index (χ0n) is 24.6. The summed E-state index contributed by atoms with van der Waals surface area (Å²) in [5.74, 6) is 1.85. The topological polar surface area (TPSA) is 87.7 Å². The highest BCUT2D eigenvalue weighted by Gasteiger charge is 2.38. The first-order valence-electron chi connectivity index (χ1n) is 14.1. The van der Waals surface area contributed by atoms with Gasteiger partial charge in [-0.2, -0.15) is 0 Å². The normalized spacial score (nSPS) is 12.8. The smallest absolute Gasteiger partial charge is 0.408 e. The van der Waals surface area contributed by atoms with Crippen molar-refractivity contribution < 1.29 is 19.1 Å². The molecule has 0 bridgehead atoms. The zero-order chi connectivity index (χ0) is 28.7. The van der Waals surface area contributed by atoms with Crippen LogP contribution in [0.2, 0.25) is 0 Å². The molecule has 1 rings (SSSR count). The Morgan fingerprint density at radius 2 is 1.63 bits per heavy atom. The summed E-state index contributed by atoms with van der Waals surface area (Å²) < 4.78 is 5.44. The Kier molecular flexibility index (Phi) is 14.6. The van der Waals surface area contributed by atoms with Gasteiger partial charge in [0.05, 0.1) is 0 Å². The SMILES string of the molecule is C#Cc1ccccc1C(C(=O)NCCCCC)N(CCCCCC)C(=O)C(NC(=O)OC(C)(C)C)C(C)C. The number of nitrogens with one attached hydrogen (secondary N) is 2. The second kappa shape index (κ2) is 16.8. The van der Waals surface area contributed by atoms with Gasteiger partial charge in [0.1, 0.15) is 17.7 Å². The quantitative estimate of drug-likeness (QED) is 0.217. The highest BCUT2D eigenvalue weighted by molar-refractivity contribution is 5.92. The van der Waals surface area contributed by atoms with Gasteiger partial charge >= 0.3 is 6.09 Å². The van der Waals surface area contributed by atoms with Gasteiger partial charge in [0.25, 0.3) is 0 Å². The van der Waals surface area contributed by atoms with Gasteiger partial charge in [-0.25, -0.2) is 4.79 Å². The van der Waals surface area contributed by atoms with E-state index in [9.17, 15) is 14.4 Å². The first-order valence-corrected chi connectivity index (χ1v) is 14.1. The van der Waals surface area contributed by atoms with Crippen LogP contribution in [0.3, 0.4) is 0 Å². The lowest BCUT2D eigenvalue weighted by Crippen LogP contribution is -2.55. The lowest BCUT2D eigenvalue weighted by Gasteiger charge is -2.36. The Balaban J connectivity index is 3.49. The van der Waals surface area contributed by atoms with Crippen LogP contribution in [0.4, 0.5) is 4.79 Å². The van der Waals surface area contributed by atoms with Crippen LogP contribution in [0.25, 0.3) is 0 Å². The Labute approximate surface area is 230 Å². The third-order valence-corrected chi connectivity index (χ3v) is 6.19. The molecule has 0 aromatic heterocycles. The van der Waals surface area contributed by atoms with E-state index in [1.807, 2.05) is 32.0 Å². The molecule has 38 heavy (non-hydrogen) atoms. The summed E-state index contributed by atoms with van der Waals surface area (Å²) in [6.07, 6.45) is 11.8. The van der Waals surface area contributed by atoms with Gasteiger partial charge in [-0.05, 0) is 51.2 Å². The van der Waals surface area contributed by atoms with Crippen molar-refractivity contribution in [2.24, 2.45) is 5.92 Å². The number of rotatable bonds is 15. The molecule has 1 aromatic rings. The standard InChI is InChI=1S/C31H49N3O4/c1-9-12-14-18-22-34(29(36)26(23(4)5)33-30(37)38-31(6,7)8)27(28(35)32-21-17-13-10-2)25-20-16-15-19-24(25)11-3/h3,15-16,19-20,23,26-27H,9-10,12-14,17-18,21-22H2,1-2,4-8H3,(H,32,35)(H,33,37). The molecule has 7 heteroatoms. The molecule has 0 heterocycles. The van der Waals surface area contributed by atoms with E-state index in [2.05, 4.69) is 30.4 Å². The van der Waals surface area contributed by atoms with E-state index in [1.165, 1.54) is 0 Å². The van der Waals surface area contributed by atoms with E-state index in [4.69, 9.17) is 11.2 Å². The minimum atomic E-state index is -0.917. The summed E-state index contributed by atoms with van der Waals surface area (Å²) in [5.41, 5.74) is 0.460. The number of carbonyl (C=O) groups is 3. The average molecular weight is 528 g/mol. The Hall–Kier alpha value is -3.01. The van der Waals surface area contributed by atoms with Gasteiger partial charge in [0.15, 0.2) is 0 Å². The molecule has 0 spiro atoms. The second-order valence-corrected chi connectivity index (χ2v) is 11.1. The van der Waals surface area contributed by atoms with Gasteiger partial charge in [-0.3, -0.25) is 9.59 Å². The van der Waals surface area contributed by atoms with Crippen molar-refractivity contribution in [3.8, 4) is 12.3 Å². The molecule has 0 fully saturated rings. The van der Waals surface area contributed by atoms with Gasteiger partial charge in [-0.1, -0.05) is 83.9 Å². The Bertz CT molecular complexity index is 930. The van der Waals surface area contributed by atoms with Crippen molar-refractivity contribution in [2.75, 3.05) is 13.1 Å². The molecule has 2 atom stereocenters. The van der Waals surface area contributed by atoms with Crippen LogP contribution in [-0.2, 0) is 14.3 Å². The molecule has 2 unspecified atom stereocenters. The third kappa shape index (κ3) is 11.2. The summed E-state index contributed by atoms with van der Waals surface area (Å²) in [5, 5.41) is 5.80. The number of hydrogen-bond acceptors (Lipinski definition) is 4. The first-order chi connectivity index (χ1) is 18.0. The zero-order valence-corrected chi connectivity index (χ0v) is 24.6. The molecule has 1 aromatic carbocycles. The van der Waals surface area contributed by atoms with Crippen molar-refractivity contribution in [3.05, 3.63) is 35.4 Å². The number of ether oxygens (including phenoxy) is 1. The maximum atomic E-state index is 14.2. The molecule has 2 N–H and O–H groups in total. The maximum absolute atomic E-state index is 14.2. The van der Waals surface area contributed by atoms with E-state index in [-0.39, 0.29) is 17.7 Å². The summed E-state index contributed by atoms with van der Waals surface area (Å²) in [7, 11) is 0. The summed E-state index contributed by atoms with van der Waals surface area (Å²) >= 11 is 0. The molecule has 0 aliphatic carbocycles. The number of hydrogen-bond donors (Lipinski definition) is 2. The Morgan fingerprint density at radius 1 is 1.00 bits per heavy atom. The van der Waals surface area contributed by atoms with E-state index in [0.29, 0.717) is 24.2 Å². The summed E-state index contributed by atoms with van der Waals surface area (Å²) in [6, 6.07) is 5.45. The van der Waals surface area contributed by atoms with Gasteiger partial charge in [0.2, 0.25) is 11.8 Å². The van der Waals surface area contributed by atoms with Crippen molar-refractivity contribution >= 4 is 17.9 Å². The van der Waals surface area contributed by atoms with E-state index in [0.717, 1.165) is 44.9 Å². The molecule has 0 aliphatic heterocycles. The van der Waals surface area contributed by atoms with E-state index in [1.54, 1.807) is 31.7 Å². The fourth-order valence-electron chi connectivity index (χ4n) is 4.20. The van der Waals surface area contributed by atoms with Crippen LogP contribution < -0.4 is 10.6 Å². The van der Waals surface area contributed by atoms with Gasteiger partial charge in [0, 0.05) is 18.7 Å². The maximum Gasteiger partial charge on any atom is 0.408 e. The van der Waals surface area contributed by atoms with Crippen molar-refractivity contribution in [2.45, 2.75) is 111 Å². The highest BCUT2D eigenvalue weighted by Crippen LogP contribution is 2.27. The molecular formula is C31H49N3O4. The summed E-state index contributed by atoms with van der Waals surface area (Å²) in [4.78, 5) is 42.2. The minimum absolute atomic E-state index is 0.232. The molecule has 7 nitrogen and oxygen atoms in total. The average Bonchev–Trinajstić information content (AvgIpc) is 2.85. The molecule has 0 aliphatic rings. The monoisotopic (exact) mass is 527 g/mol. The van der Waals surface area contributed by atoms with Crippen LogP contribution in [0, 0.1) is 18.3 Å². The molecular weight excluding hydrogens is 478 g/mol. The molecule has 3 amide bonds. The fraction of sp³-hybridized carbons (Fsp3) is 0.645. The van der Waals surface area contributed by atoms with Gasteiger partial charge in [-0.15, -0.1) is 6.42 Å². The van der Waals surface area contributed by atoms with Gasteiger partial charge < -0.3 is 20.3 Å². The number of terminal acetylenes is 1. The van der Waals surface area contributed by atoms with Crippen LogP contribution >= 0.6 is 0 Å². The lowest BCUT2D eigenvalue weighted by molar-refractivity contribution is -0.143. The van der Waals surface area contributed by atoms with Crippen molar-refractivity contribution in [1.82, 2.24) is 15.5 Å². The largest absolute Gasteiger partial charge is 0.444 e.